The van der Waals surface area contributed by atoms with E-state index in [2.05, 4.69) is 10.3 Å². The van der Waals surface area contributed by atoms with Gasteiger partial charge in [0, 0.05) is 6.54 Å². The number of nitrogens with one attached hydrogen (secondary N) is 1. The molecule has 104 valence electrons. The van der Waals surface area contributed by atoms with Crippen LogP contribution in [0.5, 0.6) is 0 Å². The number of nitrogens with zero attached hydrogens (tertiary/aromatic N) is 1. The summed E-state index contributed by atoms with van der Waals surface area (Å²) in [4.78, 5) is 3.74. The molecule has 2 saturated heterocycles. The molecule has 2 aliphatic heterocycles. The quantitative estimate of drug-likeness (QED) is 0.846. The molecule has 7 heteroatoms. The van der Waals surface area contributed by atoms with Crippen molar-refractivity contribution in [2.24, 2.45) is 0 Å². The summed E-state index contributed by atoms with van der Waals surface area (Å²) < 4.78 is 49.2. The summed E-state index contributed by atoms with van der Waals surface area (Å²) in [6, 6.07) is 3.90. The van der Waals surface area contributed by atoms with Gasteiger partial charge in [0.1, 0.15) is 24.2 Å². The summed E-state index contributed by atoms with van der Waals surface area (Å²) in [5.74, 6) is 0. The Balaban J connectivity index is 2.01. The van der Waals surface area contributed by atoms with Gasteiger partial charge in [-0.05, 0) is 25.1 Å². The monoisotopic (exact) mass is 274 g/mol. The summed E-state index contributed by atoms with van der Waals surface area (Å²) in [7, 11) is 0. The fourth-order valence-corrected chi connectivity index (χ4v) is 2.61. The first-order valence-corrected chi connectivity index (χ1v) is 6.03. The fraction of sp³-hybridized carbons (Fsp3) is 0.583. The second-order valence-electron chi connectivity index (χ2n) is 4.67. The number of rotatable bonds is 1. The third kappa shape index (κ3) is 2.11. The molecule has 0 amide bonds. The first-order chi connectivity index (χ1) is 9.02. The minimum Gasteiger partial charge on any atom is -0.347 e. The maximum Gasteiger partial charge on any atom is 0.433 e. The molecule has 2 fully saturated rings. The molecule has 2 aliphatic rings. The molecule has 1 N–H and O–H groups in total. The van der Waals surface area contributed by atoms with Crippen LogP contribution in [0.15, 0.2) is 18.2 Å². The number of halogens is 3. The molecule has 0 aromatic carbocycles. The first kappa shape index (κ1) is 12.8. The van der Waals surface area contributed by atoms with Crippen LogP contribution in [-0.2, 0) is 21.3 Å². The largest absolute Gasteiger partial charge is 0.433 e. The minimum absolute atomic E-state index is 0.0876. The van der Waals surface area contributed by atoms with E-state index >= 15 is 0 Å². The smallest absolute Gasteiger partial charge is 0.347 e. The fourth-order valence-electron chi connectivity index (χ4n) is 2.61. The maximum absolute atomic E-state index is 12.7. The molecule has 0 radical (unpaired) electrons. The van der Waals surface area contributed by atoms with Crippen LogP contribution in [0.4, 0.5) is 13.2 Å². The van der Waals surface area contributed by atoms with Gasteiger partial charge in [-0.3, -0.25) is 0 Å². The summed E-state index contributed by atoms with van der Waals surface area (Å²) in [5, 5.41) is 3.14. The molecule has 3 rings (SSSR count). The number of pyridine rings is 1. The van der Waals surface area contributed by atoms with E-state index in [0.29, 0.717) is 25.2 Å². The number of ether oxygens (including phenoxy) is 2. The van der Waals surface area contributed by atoms with Gasteiger partial charge in [-0.1, -0.05) is 6.07 Å². The van der Waals surface area contributed by atoms with E-state index in [1.54, 1.807) is 6.07 Å². The lowest BCUT2D eigenvalue weighted by Crippen LogP contribution is -2.50. The first-order valence-electron chi connectivity index (χ1n) is 6.03. The molecule has 0 saturated carbocycles. The van der Waals surface area contributed by atoms with Gasteiger partial charge in [0.2, 0.25) is 0 Å². The molecule has 19 heavy (non-hydrogen) atoms. The molecular weight excluding hydrogens is 261 g/mol. The Morgan fingerprint density at radius 2 is 2.21 bits per heavy atom. The van der Waals surface area contributed by atoms with Crippen LogP contribution in [0, 0.1) is 0 Å². The Kier molecular flexibility index (Phi) is 2.99. The average molecular weight is 274 g/mol. The summed E-state index contributed by atoms with van der Waals surface area (Å²) in [5.41, 5.74) is -1.45. The summed E-state index contributed by atoms with van der Waals surface area (Å²) >= 11 is 0. The molecule has 4 nitrogen and oxygen atoms in total. The molecule has 1 aromatic rings. The molecule has 0 aliphatic carbocycles. The molecule has 0 unspecified atom stereocenters. The third-order valence-corrected chi connectivity index (χ3v) is 3.58. The van der Waals surface area contributed by atoms with E-state index in [1.165, 1.54) is 6.07 Å². The Morgan fingerprint density at radius 3 is 3.00 bits per heavy atom. The van der Waals surface area contributed by atoms with Crippen LogP contribution in [0.25, 0.3) is 0 Å². The molecule has 1 aromatic heterocycles. The van der Waals surface area contributed by atoms with Crippen molar-refractivity contribution in [3.05, 3.63) is 29.6 Å². The number of hydrogen-bond donors (Lipinski definition) is 1. The Hall–Kier alpha value is -1.18. The van der Waals surface area contributed by atoms with Gasteiger partial charge in [0.15, 0.2) is 0 Å². The Morgan fingerprint density at radius 1 is 1.37 bits per heavy atom. The number of alkyl halides is 3. The second-order valence-corrected chi connectivity index (χ2v) is 4.67. The SMILES string of the molecule is FC(F)(F)c1cccc([C@]23CCNC[C@H]2OCO3)n1. The predicted molar refractivity (Wildman–Crippen MR) is 59.2 cm³/mol. The van der Waals surface area contributed by atoms with Gasteiger partial charge in [-0.25, -0.2) is 4.98 Å². The van der Waals surface area contributed by atoms with Crippen molar-refractivity contribution < 1.29 is 22.6 Å². The van der Waals surface area contributed by atoms with Crippen LogP contribution in [0.1, 0.15) is 17.8 Å². The number of piperidine rings is 1. The topological polar surface area (TPSA) is 43.4 Å². The van der Waals surface area contributed by atoms with Gasteiger partial charge >= 0.3 is 6.18 Å². The van der Waals surface area contributed by atoms with E-state index in [4.69, 9.17) is 9.47 Å². The van der Waals surface area contributed by atoms with Crippen LogP contribution in [0.2, 0.25) is 0 Å². The van der Waals surface area contributed by atoms with Crippen LogP contribution >= 0.6 is 0 Å². The highest BCUT2D eigenvalue weighted by molar-refractivity contribution is 5.22. The van der Waals surface area contributed by atoms with E-state index in [0.717, 1.165) is 6.07 Å². The summed E-state index contributed by atoms with van der Waals surface area (Å²) in [6.07, 6.45) is -4.20. The lowest BCUT2D eigenvalue weighted by atomic mass is 9.86. The van der Waals surface area contributed by atoms with Crippen molar-refractivity contribution in [3.8, 4) is 0 Å². The molecular formula is C12H13F3N2O2. The van der Waals surface area contributed by atoms with Crippen molar-refractivity contribution >= 4 is 0 Å². The summed E-state index contributed by atoms with van der Waals surface area (Å²) in [6.45, 7) is 1.31. The highest BCUT2D eigenvalue weighted by Crippen LogP contribution is 2.40. The zero-order valence-corrected chi connectivity index (χ0v) is 10.0. The van der Waals surface area contributed by atoms with Gasteiger partial charge in [0.05, 0.1) is 5.69 Å². The standard InChI is InChI=1S/C12H13F3N2O2/c13-12(14,15)9-3-1-2-8(17-9)11-4-5-16-6-10(11)18-7-19-11/h1-3,10,16H,4-7H2/t10-,11-/m1/s1. The van der Waals surface area contributed by atoms with Gasteiger partial charge < -0.3 is 14.8 Å². The van der Waals surface area contributed by atoms with Crippen molar-refractivity contribution in [1.82, 2.24) is 10.3 Å². The van der Waals surface area contributed by atoms with E-state index in [9.17, 15) is 13.2 Å². The zero-order chi connectivity index (χ0) is 13.5. The normalized spacial score (nSPS) is 31.2. The second kappa shape index (κ2) is 4.43. The predicted octanol–water partition coefficient (Wildman–Crippen LogP) is 1.66. The van der Waals surface area contributed by atoms with Crippen LogP contribution in [0.3, 0.4) is 0 Å². The van der Waals surface area contributed by atoms with E-state index in [-0.39, 0.29) is 12.9 Å². The molecule has 3 heterocycles. The minimum atomic E-state index is -4.45. The van der Waals surface area contributed by atoms with Gasteiger partial charge in [-0.2, -0.15) is 13.2 Å². The van der Waals surface area contributed by atoms with E-state index in [1.807, 2.05) is 0 Å². The lowest BCUT2D eigenvalue weighted by molar-refractivity contribution is -0.141. The van der Waals surface area contributed by atoms with Crippen molar-refractivity contribution in [2.45, 2.75) is 24.3 Å². The number of hydrogen-bond acceptors (Lipinski definition) is 4. The van der Waals surface area contributed by atoms with Gasteiger partial charge in [0.25, 0.3) is 0 Å². The van der Waals surface area contributed by atoms with E-state index < -0.39 is 17.5 Å². The highest BCUT2D eigenvalue weighted by atomic mass is 19.4. The third-order valence-electron chi connectivity index (χ3n) is 3.58. The van der Waals surface area contributed by atoms with Crippen LogP contribution in [-0.4, -0.2) is 31.0 Å². The van der Waals surface area contributed by atoms with Crippen LogP contribution < -0.4 is 5.32 Å². The zero-order valence-electron chi connectivity index (χ0n) is 10.0. The van der Waals surface area contributed by atoms with Crippen molar-refractivity contribution in [1.29, 1.82) is 0 Å². The Labute approximate surface area is 107 Å². The number of aromatic nitrogens is 1. The van der Waals surface area contributed by atoms with Crippen molar-refractivity contribution in [3.63, 3.8) is 0 Å². The molecule has 2 atom stereocenters. The number of fused-ring (bicyclic) bond motifs is 1. The maximum atomic E-state index is 12.7. The lowest BCUT2D eigenvalue weighted by Gasteiger charge is -2.36. The van der Waals surface area contributed by atoms with Gasteiger partial charge in [-0.15, -0.1) is 0 Å². The Bertz CT molecular complexity index is 480. The molecule has 0 bridgehead atoms. The van der Waals surface area contributed by atoms with Crippen molar-refractivity contribution in [2.75, 3.05) is 19.9 Å². The average Bonchev–Trinajstić information content (AvgIpc) is 2.83. The molecule has 0 spiro atoms. The highest BCUT2D eigenvalue weighted by Gasteiger charge is 2.50.